The molecule has 0 radical (unpaired) electrons. The van der Waals surface area contributed by atoms with E-state index in [9.17, 15) is 0 Å². The van der Waals surface area contributed by atoms with E-state index in [4.69, 9.17) is 15.3 Å². The number of aromatic nitrogens is 2. The Labute approximate surface area is 113 Å². The van der Waals surface area contributed by atoms with Crippen LogP contribution in [-0.4, -0.2) is 42.4 Å². The molecule has 1 fully saturated rings. The highest BCUT2D eigenvalue weighted by Crippen LogP contribution is 2.20. The molecule has 0 saturated carbocycles. The maximum atomic E-state index is 5.72. The summed E-state index contributed by atoms with van der Waals surface area (Å²) in [5.74, 6) is 7.49. The summed E-state index contributed by atoms with van der Waals surface area (Å²) in [6.07, 6.45) is 0.359. The van der Waals surface area contributed by atoms with E-state index >= 15 is 0 Å². The van der Waals surface area contributed by atoms with Gasteiger partial charge in [-0.25, -0.2) is 15.8 Å². The van der Waals surface area contributed by atoms with Crippen LogP contribution >= 0.6 is 0 Å². The third-order valence-electron chi connectivity index (χ3n) is 2.92. The van der Waals surface area contributed by atoms with Gasteiger partial charge in [0.05, 0.1) is 12.2 Å². The van der Waals surface area contributed by atoms with Crippen LogP contribution in [0.25, 0.3) is 0 Å². The molecule has 1 aromatic heterocycles. The third-order valence-corrected chi connectivity index (χ3v) is 2.92. The van der Waals surface area contributed by atoms with Crippen molar-refractivity contribution in [1.29, 1.82) is 0 Å². The molecule has 3 N–H and O–H groups in total. The molecule has 2 unspecified atom stereocenters. The first-order chi connectivity index (χ1) is 9.12. The monoisotopic (exact) mass is 267 g/mol. The average molecular weight is 267 g/mol. The molecule has 7 heteroatoms. The molecule has 1 aliphatic heterocycles. The molecule has 2 atom stereocenters. The molecular weight excluding hydrogens is 246 g/mol. The Morgan fingerprint density at radius 1 is 1.42 bits per heavy atom. The minimum atomic E-state index is 0.180. The molecule has 0 amide bonds. The zero-order valence-electron chi connectivity index (χ0n) is 11.6. The zero-order valence-corrected chi connectivity index (χ0v) is 11.6. The summed E-state index contributed by atoms with van der Waals surface area (Å²) in [5.41, 5.74) is 2.56. The normalized spacial score (nSPS) is 23.5. The van der Waals surface area contributed by atoms with Gasteiger partial charge in [-0.05, 0) is 13.8 Å². The van der Waals surface area contributed by atoms with Crippen molar-refractivity contribution in [2.75, 3.05) is 30.5 Å². The van der Waals surface area contributed by atoms with E-state index in [1.54, 1.807) is 7.11 Å². The Balaban J connectivity index is 2.24. The van der Waals surface area contributed by atoms with Crippen molar-refractivity contribution in [3.63, 3.8) is 0 Å². The lowest BCUT2D eigenvalue weighted by Gasteiger charge is -2.36. The topological polar surface area (TPSA) is 85.5 Å². The Bertz CT molecular complexity index is 419. The number of nitrogens with two attached hydrogens (primary N) is 1. The molecule has 0 bridgehead atoms. The summed E-state index contributed by atoms with van der Waals surface area (Å²) >= 11 is 0. The first-order valence-corrected chi connectivity index (χ1v) is 6.36. The fraction of sp³-hybridized carbons (Fsp3) is 0.667. The molecule has 2 rings (SSSR count). The van der Waals surface area contributed by atoms with Gasteiger partial charge in [0.1, 0.15) is 18.2 Å². The number of nitrogens with one attached hydrogen (secondary N) is 1. The van der Waals surface area contributed by atoms with E-state index in [1.165, 1.54) is 0 Å². The Hall–Kier alpha value is -1.44. The standard InChI is InChI=1S/C12H21N5O2/c1-8-5-17(6-9(2)19-8)12-4-10(16-13)14-11(15-12)7-18-3/h4,8-9H,5-7,13H2,1-3H3,(H,14,15,16). The lowest BCUT2D eigenvalue weighted by atomic mass is 10.2. The number of nitrogen functional groups attached to an aromatic ring is 1. The van der Waals surface area contributed by atoms with Crippen LogP contribution in [0.2, 0.25) is 0 Å². The van der Waals surface area contributed by atoms with Gasteiger partial charge in [0.15, 0.2) is 5.82 Å². The highest BCUT2D eigenvalue weighted by molar-refractivity contribution is 5.49. The Morgan fingerprint density at radius 3 is 2.68 bits per heavy atom. The molecule has 1 aliphatic rings. The molecule has 1 aromatic rings. The number of hydrazine groups is 1. The number of hydrogen-bond donors (Lipinski definition) is 2. The summed E-state index contributed by atoms with van der Waals surface area (Å²) in [7, 11) is 1.62. The van der Waals surface area contributed by atoms with Gasteiger partial charge in [0.25, 0.3) is 0 Å². The van der Waals surface area contributed by atoms with Crippen LogP contribution in [0.3, 0.4) is 0 Å². The zero-order chi connectivity index (χ0) is 13.8. The first kappa shape index (κ1) is 14.0. The summed E-state index contributed by atoms with van der Waals surface area (Å²) in [5, 5.41) is 0. The maximum Gasteiger partial charge on any atom is 0.158 e. The Kier molecular flexibility index (Phi) is 4.52. The third kappa shape index (κ3) is 3.52. The van der Waals surface area contributed by atoms with Gasteiger partial charge in [-0.1, -0.05) is 0 Å². The summed E-state index contributed by atoms with van der Waals surface area (Å²) in [6.45, 7) is 6.08. The van der Waals surface area contributed by atoms with Crippen LogP contribution in [0, 0.1) is 0 Å². The van der Waals surface area contributed by atoms with E-state index in [0.29, 0.717) is 18.2 Å². The van der Waals surface area contributed by atoms with Crippen molar-refractivity contribution in [1.82, 2.24) is 9.97 Å². The first-order valence-electron chi connectivity index (χ1n) is 6.36. The number of ether oxygens (including phenoxy) is 2. The molecule has 0 spiro atoms. The Morgan fingerprint density at radius 2 is 2.11 bits per heavy atom. The van der Waals surface area contributed by atoms with E-state index in [1.807, 2.05) is 6.07 Å². The highest BCUT2D eigenvalue weighted by Gasteiger charge is 2.23. The number of hydrogen-bond acceptors (Lipinski definition) is 7. The molecule has 2 heterocycles. The number of morpholine rings is 1. The number of rotatable bonds is 4. The van der Waals surface area contributed by atoms with Crippen molar-refractivity contribution in [3.8, 4) is 0 Å². The molecule has 0 aliphatic carbocycles. The van der Waals surface area contributed by atoms with Crippen molar-refractivity contribution >= 4 is 11.6 Å². The minimum Gasteiger partial charge on any atom is -0.377 e. The molecule has 106 valence electrons. The maximum absolute atomic E-state index is 5.72. The van der Waals surface area contributed by atoms with Crippen molar-refractivity contribution in [2.24, 2.45) is 5.84 Å². The van der Waals surface area contributed by atoms with Crippen LogP contribution < -0.4 is 16.2 Å². The summed E-state index contributed by atoms with van der Waals surface area (Å²) < 4.78 is 10.8. The van der Waals surface area contributed by atoms with Crippen molar-refractivity contribution < 1.29 is 9.47 Å². The number of anilines is 2. The fourth-order valence-electron chi connectivity index (χ4n) is 2.28. The predicted molar refractivity (Wildman–Crippen MR) is 72.8 cm³/mol. The van der Waals surface area contributed by atoms with Gasteiger partial charge in [-0.2, -0.15) is 0 Å². The summed E-state index contributed by atoms with van der Waals surface area (Å²) in [6, 6.07) is 1.84. The second-order valence-electron chi connectivity index (χ2n) is 4.77. The van der Waals surface area contributed by atoms with E-state index in [-0.39, 0.29) is 12.2 Å². The highest BCUT2D eigenvalue weighted by atomic mass is 16.5. The molecular formula is C12H21N5O2. The van der Waals surface area contributed by atoms with Crippen LogP contribution in [0.15, 0.2) is 6.07 Å². The van der Waals surface area contributed by atoms with E-state index in [2.05, 4.69) is 34.1 Å². The number of methoxy groups -OCH3 is 1. The predicted octanol–water partition coefficient (Wildman–Crippen LogP) is 0.522. The van der Waals surface area contributed by atoms with Gasteiger partial charge in [-0.15, -0.1) is 0 Å². The quantitative estimate of drug-likeness (QED) is 0.607. The minimum absolute atomic E-state index is 0.180. The van der Waals surface area contributed by atoms with Gasteiger partial charge >= 0.3 is 0 Å². The average Bonchev–Trinajstić information content (AvgIpc) is 2.37. The van der Waals surface area contributed by atoms with Crippen molar-refractivity contribution in [2.45, 2.75) is 32.7 Å². The number of nitrogens with zero attached hydrogens (tertiary/aromatic N) is 3. The second-order valence-corrected chi connectivity index (χ2v) is 4.77. The smallest absolute Gasteiger partial charge is 0.158 e. The van der Waals surface area contributed by atoms with Crippen LogP contribution in [0.5, 0.6) is 0 Å². The van der Waals surface area contributed by atoms with Gasteiger partial charge in [-0.3, -0.25) is 0 Å². The van der Waals surface area contributed by atoms with Gasteiger partial charge < -0.3 is 19.8 Å². The van der Waals surface area contributed by atoms with E-state index in [0.717, 1.165) is 18.9 Å². The van der Waals surface area contributed by atoms with Crippen LogP contribution in [0.4, 0.5) is 11.6 Å². The summed E-state index contributed by atoms with van der Waals surface area (Å²) in [4.78, 5) is 10.9. The van der Waals surface area contributed by atoms with Gasteiger partial charge in [0, 0.05) is 26.3 Å². The molecule has 19 heavy (non-hydrogen) atoms. The fourth-order valence-corrected chi connectivity index (χ4v) is 2.28. The lowest BCUT2D eigenvalue weighted by molar-refractivity contribution is -0.00549. The molecule has 0 aromatic carbocycles. The van der Waals surface area contributed by atoms with Gasteiger partial charge in [0.2, 0.25) is 0 Å². The van der Waals surface area contributed by atoms with E-state index < -0.39 is 0 Å². The lowest BCUT2D eigenvalue weighted by Crippen LogP contribution is -2.46. The molecule has 7 nitrogen and oxygen atoms in total. The second kappa shape index (κ2) is 6.14. The van der Waals surface area contributed by atoms with Crippen molar-refractivity contribution in [3.05, 3.63) is 11.9 Å². The molecule has 1 saturated heterocycles. The largest absolute Gasteiger partial charge is 0.377 e. The van der Waals surface area contributed by atoms with Crippen LogP contribution in [0.1, 0.15) is 19.7 Å². The van der Waals surface area contributed by atoms with Crippen LogP contribution in [-0.2, 0) is 16.1 Å². The SMILES string of the molecule is COCc1nc(NN)cc(N2CC(C)OC(C)C2)n1.